The van der Waals surface area contributed by atoms with E-state index >= 15 is 0 Å². The highest BCUT2D eigenvalue weighted by atomic mass is 16.2. The monoisotopic (exact) mass is 234 g/mol. The van der Waals surface area contributed by atoms with Crippen LogP contribution in [0.15, 0.2) is 24.3 Å². The molecule has 6 nitrogen and oxygen atoms in total. The van der Waals surface area contributed by atoms with E-state index in [-0.39, 0.29) is 5.91 Å². The molecule has 0 heterocycles. The predicted molar refractivity (Wildman–Crippen MR) is 64.4 cm³/mol. The topological polar surface area (TPSA) is 110 Å². The normalized spacial score (nSPS) is 16.1. The zero-order chi connectivity index (χ0) is 12.5. The van der Waals surface area contributed by atoms with E-state index in [0.29, 0.717) is 24.2 Å². The summed E-state index contributed by atoms with van der Waals surface area (Å²) in [6, 6.07) is 6.07. The van der Waals surface area contributed by atoms with Crippen molar-refractivity contribution in [2.45, 2.75) is 18.4 Å². The highest BCUT2D eigenvalue weighted by molar-refractivity contribution is 6.00. The minimum atomic E-state index is -0.715. The third-order valence-corrected chi connectivity index (χ3v) is 2.63. The summed E-state index contributed by atoms with van der Waals surface area (Å²) in [4.78, 5) is 22.4. The Morgan fingerprint density at radius 3 is 2.29 bits per heavy atom. The molecule has 90 valence electrons. The molecule has 1 fully saturated rings. The smallest absolute Gasteiger partial charge is 0.316 e. The maximum atomic E-state index is 11.7. The minimum absolute atomic E-state index is 0.200. The van der Waals surface area contributed by atoms with Crippen LogP contribution in [0.1, 0.15) is 12.8 Å². The molecule has 1 saturated carbocycles. The Hall–Kier alpha value is -2.08. The van der Waals surface area contributed by atoms with Crippen molar-refractivity contribution in [1.82, 2.24) is 0 Å². The number of primary amides is 1. The number of nitrogens with one attached hydrogen (secondary N) is 2. The summed E-state index contributed by atoms with van der Waals surface area (Å²) in [7, 11) is 0. The average Bonchev–Trinajstić information content (AvgIpc) is 2.97. The number of carbonyl (C=O) groups excluding carboxylic acids is 2. The van der Waals surface area contributed by atoms with Crippen molar-refractivity contribution < 1.29 is 9.59 Å². The molecule has 6 N–H and O–H groups in total. The summed E-state index contributed by atoms with van der Waals surface area (Å²) in [6.45, 7) is 0. The third kappa shape index (κ3) is 2.73. The van der Waals surface area contributed by atoms with Crippen molar-refractivity contribution in [3.05, 3.63) is 24.3 Å². The fraction of sp³-hybridized carbons (Fsp3) is 0.273. The molecule has 0 atom stereocenters. The fourth-order valence-corrected chi connectivity index (χ4v) is 1.43. The number of urea groups is 1. The Bertz CT molecular complexity index is 468. The molecule has 0 unspecified atom stereocenters. The summed E-state index contributed by atoms with van der Waals surface area (Å²) < 4.78 is 0. The second kappa shape index (κ2) is 4.06. The molecule has 1 aromatic carbocycles. The van der Waals surface area contributed by atoms with Crippen LogP contribution < -0.4 is 22.1 Å². The van der Waals surface area contributed by atoms with Gasteiger partial charge >= 0.3 is 6.03 Å². The van der Waals surface area contributed by atoms with Gasteiger partial charge in [-0.05, 0) is 31.0 Å². The Morgan fingerprint density at radius 2 is 1.76 bits per heavy atom. The first-order chi connectivity index (χ1) is 7.99. The number of anilines is 2. The van der Waals surface area contributed by atoms with Gasteiger partial charge in [0.05, 0.1) is 5.54 Å². The lowest BCUT2D eigenvalue weighted by Gasteiger charge is -2.11. The van der Waals surface area contributed by atoms with Crippen LogP contribution in [0, 0.1) is 0 Å². The maximum absolute atomic E-state index is 11.7. The van der Waals surface area contributed by atoms with Gasteiger partial charge in [0.2, 0.25) is 5.91 Å². The van der Waals surface area contributed by atoms with Crippen LogP contribution >= 0.6 is 0 Å². The van der Waals surface area contributed by atoms with Gasteiger partial charge in [-0.15, -0.1) is 0 Å². The summed E-state index contributed by atoms with van der Waals surface area (Å²) in [5.41, 5.74) is 11.1. The Kier molecular flexibility index (Phi) is 2.72. The number of hydrogen-bond acceptors (Lipinski definition) is 3. The first-order valence-corrected chi connectivity index (χ1v) is 5.26. The zero-order valence-electron chi connectivity index (χ0n) is 9.19. The Morgan fingerprint density at radius 1 is 1.18 bits per heavy atom. The van der Waals surface area contributed by atoms with Crippen molar-refractivity contribution in [2.24, 2.45) is 11.5 Å². The predicted octanol–water partition coefficient (Wildman–Crippen LogP) is 0.607. The molecule has 2 rings (SSSR count). The van der Waals surface area contributed by atoms with Gasteiger partial charge in [0.1, 0.15) is 0 Å². The molecular formula is C11H14N4O2. The van der Waals surface area contributed by atoms with E-state index in [9.17, 15) is 9.59 Å². The SMILES string of the molecule is NC(=O)Nc1cccc(NC(=O)C2(N)CC2)c1. The molecule has 0 saturated heterocycles. The highest BCUT2D eigenvalue weighted by Gasteiger charge is 2.45. The van der Waals surface area contributed by atoms with Gasteiger partial charge in [0.15, 0.2) is 0 Å². The number of rotatable bonds is 3. The standard InChI is InChI=1S/C11H14N4O2/c12-10(17)15-8-3-1-2-7(6-8)14-9(16)11(13)4-5-11/h1-3,6H,4-5,13H2,(H,14,16)(H3,12,15,17). The fourth-order valence-electron chi connectivity index (χ4n) is 1.43. The van der Waals surface area contributed by atoms with E-state index in [1.807, 2.05) is 0 Å². The van der Waals surface area contributed by atoms with Crippen LogP contribution in [0.5, 0.6) is 0 Å². The van der Waals surface area contributed by atoms with Gasteiger partial charge in [0, 0.05) is 11.4 Å². The van der Waals surface area contributed by atoms with Crippen LogP contribution in [0.25, 0.3) is 0 Å². The van der Waals surface area contributed by atoms with E-state index < -0.39 is 11.6 Å². The second-order valence-electron chi connectivity index (χ2n) is 4.18. The summed E-state index contributed by atoms with van der Waals surface area (Å²) in [5, 5.41) is 5.13. The van der Waals surface area contributed by atoms with Crippen molar-refractivity contribution in [2.75, 3.05) is 10.6 Å². The number of hydrogen-bond donors (Lipinski definition) is 4. The quantitative estimate of drug-likeness (QED) is 0.614. The van der Waals surface area contributed by atoms with Gasteiger partial charge in [-0.2, -0.15) is 0 Å². The Balaban J connectivity index is 2.05. The summed E-state index contributed by atoms with van der Waals surface area (Å²) >= 11 is 0. The number of nitrogens with two attached hydrogens (primary N) is 2. The maximum Gasteiger partial charge on any atom is 0.316 e. The van der Waals surface area contributed by atoms with Gasteiger partial charge in [-0.3, -0.25) is 4.79 Å². The average molecular weight is 234 g/mol. The third-order valence-electron chi connectivity index (χ3n) is 2.63. The lowest BCUT2D eigenvalue weighted by molar-refractivity contribution is -0.118. The molecule has 0 radical (unpaired) electrons. The lowest BCUT2D eigenvalue weighted by atomic mass is 10.2. The van der Waals surface area contributed by atoms with Gasteiger partial charge in [0.25, 0.3) is 0 Å². The van der Waals surface area contributed by atoms with Gasteiger partial charge < -0.3 is 22.1 Å². The van der Waals surface area contributed by atoms with Crippen LogP contribution in [-0.4, -0.2) is 17.5 Å². The van der Waals surface area contributed by atoms with Crippen LogP contribution in [0.4, 0.5) is 16.2 Å². The molecule has 0 aliphatic heterocycles. The second-order valence-corrected chi connectivity index (χ2v) is 4.18. The highest BCUT2D eigenvalue weighted by Crippen LogP contribution is 2.33. The van der Waals surface area contributed by atoms with E-state index in [4.69, 9.17) is 11.5 Å². The zero-order valence-corrected chi connectivity index (χ0v) is 9.19. The number of carbonyl (C=O) groups is 2. The molecule has 0 bridgehead atoms. The minimum Gasteiger partial charge on any atom is -0.351 e. The molecule has 1 aliphatic rings. The van der Waals surface area contributed by atoms with E-state index in [0.717, 1.165) is 0 Å². The summed E-state index contributed by atoms with van der Waals surface area (Å²) in [5.74, 6) is -0.200. The van der Waals surface area contributed by atoms with Crippen LogP contribution in [0.2, 0.25) is 0 Å². The van der Waals surface area contributed by atoms with E-state index in [1.54, 1.807) is 24.3 Å². The summed E-state index contributed by atoms with van der Waals surface area (Å²) in [6.07, 6.45) is 1.41. The molecule has 17 heavy (non-hydrogen) atoms. The number of benzene rings is 1. The molecule has 0 aromatic heterocycles. The molecule has 3 amide bonds. The molecule has 1 aromatic rings. The molecular weight excluding hydrogens is 220 g/mol. The van der Waals surface area contributed by atoms with Gasteiger partial charge in [-0.1, -0.05) is 6.07 Å². The van der Waals surface area contributed by atoms with E-state index in [2.05, 4.69) is 10.6 Å². The first kappa shape index (κ1) is 11.4. The molecule has 0 spiro atoms. The van der Waals surface area contributed by atoms with Gasteiger partial charge in [-0.25, -0.2) is 4.79 Å². The first-order valence-electron chi connectivity index (χ1n) is 5.26. The van der Waals surface area contributed by atoms with E-state index in [1.165, 1.54) is 0 Å². The molecule has 6 heteroatoms. The van der Waals surface area contributed by atoms with Crippen molar-refractivity contribution in [1.29, 1.82) is 0 Å². The van der Waals surface area contributed by atoms with Crippen LogP contribution in [0.3, 0.4) is 0 Å². The molecule has 1 aliphatic carbocycles. The van der Waals surface area contributed by atoms with Crippen molar-refractivity contribution in [3.63, 3.8) is 0 Å². The Labute approximate surface area is 98.4 Å². The lowest BCUT2D eigenvalue weighted by Crippen LogP contribution is -2.37. The van der Waals surface area contributed by atoms with Crippen molar-refractivity contribution in [3.8, 4) is 0 Å². The number of amides is 3. The largest absolute Gasteiger partial charge is 0.351 e. The van der Waals surface area contributed by atoms with Crippen LogP contribution in [-0.2, 0) is 4.79 Å². The van der Waals surface area contributed by atoms with Crippen molar-refractivity contribution >= 4 is 23.3 Å².